The first-order valence-electron chi connectivity index (χ1n) is 11.4. The van der Waals surface area contributed by atoms with Gasteiger partial charge in [0.25, 0.3) is 0 Å². The highest BCUT2D eigenvalue weighted by atomic mass is 35.5. The molecular formula is C27H31ClN4O. The molecule has 0 bridgehead atoms. The minimum atomic E-state index is -0.715. The topological polar surface area (TPSA) is 39.7 Å². The van der Waals surface area contributed by atoms with Crippen molar-refractivity contribution in [2.24, 2.45) is 0 Å². The normalized spacial score (nSPS) is 14.8. The smallest absolute Gasteiger partial charge is 0.237 e. The molecule has 0 atom stereocenters. The van der Waals surface area contributed by atoms with Gasteiger partial charge in [0, 0.05) is 43.1 Å². The molecule has 5 nitrogen and oxygen atoms in total. The van der Waals surface area contributed by atoms with Gasteiger partial charge >= 0.3 is 0 Å². The van der Waals surface area contributed by atoms with Crippen molar-refractivity contribution >= 4 is 29.0 Å². The van der Waals surface area contributed by atoms with Gasteiger partial charge in [-0.1, -0.05) is 48.0 Å². The Morgan fingerprint density at radius 1 is 0.970 bits per heavy atom. The van der Waals surface area contributed by atoms with E-state index in [1.807, 2.05) is 79.5 Å². The number of amides is 1. The molecule has 2 heterocycles. The van der Waals surface area contributed by atoms with E-state index in [4.69, 9.17) is 16.6 Å². The van der Waals surface area contributed by atoms with Crippen molar-refractivity contribution in [3.63, 3.8) is 0 Å². The molecule has 3 aromatic rings. The van der Waals surface area contributed by atoms with E-state index < -0.39 is 5.41 Å². The number of piperazine rings is 1. The number of aromatic nitrogens is 1. The molecule has 0 saturated carbocycles. The van der Waals surface area contributed by atoms with Crippen molar-refractivity contribution in [1.29, 1.82) is 0 Å². The third-order valence-electron chi connectivity index (χ3n) is 6.39. The number of hydrogen-bond acceptors (Lipinski definition) is 4. The van der Waals surface area contributed by atoms with Crippen LogP contribution in [-0.2, 0) is 16.8 Å². The summed E-state index contributed by atoms with van der Waals surface area (Å²) in [6.07, 6.45) is 1.90. The standard InChI is InChI=1S/C27H31ClN4O/c1-27(2,22-10-12-23(28)13-11-22)26(33)32(24-7-5-4-6-8-24)20-21-9-14-25(29-19-21)31-17-15-30(3)16-18-31/h4-14,19H,15-18,20H2,1-3H3. The number of pyridine rings is 1. The predicted octanol–water partition coefficient (Wildman–Crippen LogP) is 5.00. The van der Waals surface area contributed by atoms with Crippen LogP contribution >= 0.6 is 11.6 Å². The van der Waals surface area contributed by atoms with Gasteiger partial charge < -0.3 is 14.7 Å². The van der Waals surface area contributed by atoms with Crippen molar-refractivity contribution in [2.75, 3.05) is 43.0 Å². The fourth-order valence-corrected chi connectivity index (χ4v) is 4.26. The second-order valence-electron chi connectivity index (χ2n) is 9.17. The molecule has 2 aromatic carbocycles. The van der Waals surface area contributed by atoms with Gasteiger partial charge in [0.15, 0.2) is 0 Å². The monoisotopic (exact) mass is 462 g/mol. The average molecular weight is 463 g/mol. The fraction of sp³-hybridized carbons (Fsp3) is 0.333. The maximum absolute atomic E-state index is 13.9. The van der Waals surface area contributed by atoms with Crippen LogP contribution in [0.2, 0.25) is 5.02 Å². The first-order chi connectivity index (χ1) is 15.8. The molecule has 0 N–H and O–H groups in total. The van der Waals surface area contributed by atoms with Crippen LogP contribution in [0.15, 0.2) is 72.9 Å². The Labute approximate surface area is 201 Å². The third-order valence-corrected chi connectivity index (χ3v) is 6.64. The molecule has 1 fully saturated rings. The van der Waals surface area contributed by atoms with Gasteiger partial charge in [-0.3, -0.25) is 4.79 Å². The number of rotatable bonds is 6. The molecule has 0 radical (unpaired) electrons. The van der Waals surface area contributed by atoms with Crippen LogP contribution in [0.25, 0.3) is 0 Å². The molecule has 0 aliphatic carbocycles. The molecular weight excluding hydrogens is 432 g/mol. The number of nitrogens with zero attached hydrogens (tertiary/aromatic N) is 4. The summed E-state index contributed by atoms with van der Waals surface area (Å²) < 4.78 is 0. The van der Waals surface area contributed by atoms with E-state index in [1.165, 1.54) is 0 Å². The lowest BCUT2D eigenvalue weighted by Gasteiger charge is -2.34. The van der Waals surface area contributed by atoms with Crippen LogP contribution in [0.3, 0.4) is 0 Å². The number of anilines is 2. The van der Waals surface area contributed by atoms with Crippen LogP contribution in [-0.4, -0.2) is 49.0 Å². The van der Waals surface area contributed by atoms with Gasteiger partial charge in [0.2, 0.25) is 5.91 Å². The predicted molar refractivity (Wildman–Crippen MR) is 136 cm³/mol. The van der Waals surface area contributed by atoms with Crippen LogP contribution < -0.4 is 9.80 Å². The molecule has 0 unspecified atom stereocenters. The minimum absolute atomic E-state index is 0.0270. The zero-order chi connectivity index (χ0) is 23.4. The van der Waals surface area contributed by atoms with Gasteiger partial charge in [-0.2, -0.15) is 0 Å². The van der Waals surface area contributed by atoms with Gasteiger partial charge in [-0.15, -0.1) is 0 Å². The summed E-state index contributed by atoms with van der Waals surface area (Å²) in [5.74, 6) is 1.02. The Hall–Kier alpha value is -2.89. The van der Waals surface area contributed by atoms with E-state index >= 15 is 0 Å². The summed E-state index contributed by atoms with van der Waals surface area (Å²) in [4.78, 5) is 25.1. The third kappa shape index (κ3) is 5.37. The number of benzene rings is 2. The van der Waals surface area contributed by atoms with Crippen LogP contribution in [0.5, 0.6) is 0 Å². The van der Waals surface area contributed by atoms with Crippen molar-refractivity contribution < 1.29 is 4.79 Å². The van der Waals surface area contributed by atoms with Gasteiger partial charge in [-0.05, 0) is 62.4 Å². The second kappa shape index (κ2) is 9.94. The zero-order valence-electron chi connectivity index (χ0n) is 19.5. The van der Waals surface area contributed by atoms with E-state index in [2.05, 4.69) is 29.0 Å². The Morgan fingerprint density at radius 3 is 2.24 bits per heavy atom. The number of likely N-dealkylation sites (N-methyl/N-ethyl adjacent to an activating group) is 1. The molecule has 1 aliphatic heterocycles. The SMILES string of the molecule is CN1CCN(c2ccc(CN(C(=O)C(C)(C)c3ccc(Cl)cc3)c3ccccc3)cn2)CC1. The van der Waals surface area contributed by atoms with E-state index in [9.17, 15) is 4.79 Å². The van der Waals surface area contributed by atoms with E-state index in [-0.39, 0.29) is 5.91 Å². The molecule has 33 heavy (non-hydrogen) atoms. The van der Waals surface area contributed by atoms with Crippen molar-refractivity contribution in [3.05, 3.63) is 89.1 Å². The van der Waals surface area contributed by atoms with Crippen molar-refractivity contribution in [1.82, 2.24) is 9.88 Å². The molecule has 4 rings (SSSR count). The number of carbonyl (C=O) groups is 1. The Bertz CT molecular complexity index is 1060. The number of para-hydroxylation sites is 1. The summed E-state index contributed by atoms with van der Waals surface area (Å²) in [5, 5.41) is 0.661. The average Bonchev–Trinajstić information content (AvgIpc) is 2.84. The fourth-order valence-electron chi connectivity index (χ4n) is 4.13. The number of hydrogen-bond donors (Lipinski definition) is 0. The molecule has 1 amide bonds. The Morgan fingerprint density at radius 2 is 1.64 bits per heavy atom. The van der Waals surface area contributed by atoms with E-state index in [0.29, 0.717) is 11.6 Å². The molecule has 1 aromatic heterocycles. The maximum Gasteiger partial charge on any atom is 0.237 e. The molecule has 1 saturated heterocycles. The molecule has 6 heteroatoms. The first-order valence-corrected chi connectivity index (χ1v) is 11.7. The van der Waals surface area contributed by atoms with Crippen LogP contribution in [0.1, 0.15) is 25.0 Å². The largest absolute Gasteiger partial charge is 0.354 e. The van der Waals surface area contributed by atoms with Gasteiger partial charge in [0.1, 0.15) is 5.82 Å². The Kier molecular flexibility index (Phi) is 7.01. The second-order valence-corrected chi connectivity index (χ2v) is 9.61. The number of halogens is 1. The molecule has 172 valence electrons. The van der Waals surface area contributed by atoms with Crippen LogP contribution in [0, 0.1) is 0 Å². The highest BCUT2D eigenvalue weighted by Crippen LogP contribution is 2.30. The lowest BCUT2D eigenvalue weighted by Crippen LogP contribution is -2.45. The summed E-state index contributed by atoms with van der Waals surface area (Å²) in [7, 11) is 2.15. The van der Waals surface area contributed by atoms with Crippen LogP contribution in [0.4, 0.5) is 11.5 Å². The zero-order valence-corrected chi connectivity index (χ0v) is 20.3. The molecule has 1 aliphatic rings. The highest BCUT2D eigenvalue weighted by Gasteiger charge is 2.34. The minimum Gasteiger partial charge on any atom is -0.354 e. The summed E-state index contributed by atoms with van der Waals surface area (Å²) >= 11 is 6.07. The maximum atomic E-state index is 13.9. The number of carbonyl (C=O) groups excluding carboxylic acids is 1. The quantitative estimate of drug-likeness (QED) is 0.517. The summed E-state index contributed by atoms with van der Waals surface area (Å²) in [6.45, 7) is 8.42. The van der Waals surface area contributed by atoms with Gasteiger partial charge in [0.05, 0.1) is 12.0 Å². The van der Waals surface area contributed by atoms with Crippen molar-refractivity contribution in [2.45, 2.75) is 25.8 Å². The lowest BCUT2D eigenvalue weighted by atomic mass is 9.83. The summed E-state index contributed by atoms with van der Waals surface area (Å²) in [6, 6.07) is 21.5. The van der Waals surface area contributed by atoms with Crippen molar-refractivity contribution in [3.8, 4) is 0 Å². The lowest BCUT2D eigenvalue weighted by molar-refractivity contribution is -0.123. The molecule has 0 spiro atoms. The van der Waals surface area contributed by atoms with E-state index in [1.54, 1.807) is 0 Å². The highest BCUT2D eigenvalue weighted by molar-refractivity contribution is 6.30. The summed E-state index contributed by atoms with van der Waals surface area (Å²) in [5.41, 5.74) is 2.08. The van der Waals surface area contributed by atoms with Gasteiger partial charge in [-0.25, -0.2) is 4.98 Å². The first kappa shape index (κ1) is 23.3. The van der Waals surface area contributed by atoms with E-state index in [0.717, 1.165) is 48.8 Å². The Balaban J connectivity index is 1.58.